The number of methoxy groups -OCH3 is 2. The predicted octanol–water partition coefficient (Wildman–Crippen LogP) is 0.580. The van der Waals surface area contributed by atoms with Gasteiger partial charge < -0.3 is 20.1 Å². The van der Waals surface area contributed by atoms with Gasteiger partial charge in [0.15, 0.2) is 12.1 Å². The Morgan fingerprint density at radius 2 is 1.05 bits per heavy atom. The minimum atomic E-state index is -0.488. The van der Waals surface area contributed by atoms with E-state index in [9.17, 15) is 19.2 Å². The molecule has 218 valence electrons. The van der Waals surface area contributed by atoms with Crippen LogP contribution in [0.3, 0.4) is 0 Å². The molecule has 2 fully saturated rings. The topological polar surface area (TPSA) is 126 Å². The van der Waals surface area contributed by atoms with Crippen LogP contribution in [0.25, 0.3) is 0 Å². The molecule has 0 aliphatic carbocycles. The van der Waals surface area contributed by atoms with Gasteiger partial charge in [-0.05, 0) is 59.7 Å². The number of benzene rings is 3. The number of nitrogens with two attached hydrogens (primary N) is 2. The molecule has 0 spiro atoms. The van der Waals surface area contributed by atoms with Crippen LogP contribution in [0.5, 0.6) is 11.5 Å². The maximum Gasteiger partial charge on any atom is 0.292 e. The highest BCUT2D eigenvalue weighted by Gasteiger charge is 2.44. The third kappa shape index (κ3) is 6.35. The van der Waals surface area contributed by atoms with Crippen molar-refractivity contribution in [2.24, 2.45) is 0 Å². The second kappa shape index (κ2) is 13.0. The van der Waals surface area contributed by atoms with Crippen molar-refractivity contribution < 1.29 is 39.3 Å². The maximum absolute atomic E-state index is 13.1. The average molecular weight is 573 g/mol. The number of ether oxygens (including phenoxy) is 2. The summed E-state index contributed by atoms with van der Waals surface area (Å²) in [5.41, 5.74) is 3.05. The lowest BCUT2D eigenvalue weighted by Gasteiger charge is -2.18. The molecule has 0 saturated carbocycles. The molecular weight excluding hydrogens is 536 g/mol. The van der Waals surface area contributed by atoms with Crippen molar-refractivity contribution in [2.45, 2.75) is 37.8 Å². The zero-order valence-corrected chi connectivity index (χ0v) is 23.8. The molecule has 2 aliphatic rings. The van der Waals surface area contributed by atoms with Gasteiger partial charge in [-0.2, -0.15) is 0 Å². The number of quaternary nitrogens is 2. The molecule has 2 atom stereocenters. The SMILES string of the molecule is COc1cccc(CC[NH2+][C@H]2CC(=O)N(c3ccc(N4C(=O)C[C@H]([NH2+]CCc5cccc(OC)c5)C4=O)cc3)C2=O)c1. The summed E-state index contributed by atoms with van der Waals surface area (Å²) < 4.78 is 10.5. The summed E-state index contributed by atoms with van der Waals surface area (Å²) in [5, 5.41) is 3.81. The van der Waals surface area contributed by atoms with Gasteiger partial charge in [0.2, 0.25) is 11.8 Å². The lowest BCUT2D eigenvalue weighted by Crippen LogP contribution is -2.92. The van der Waals surface area contributed by atoms with Crippen LogP contribution in [0.2, 0.25) is 0 Å². The fraction of sp³-hybridized carbons (Fsp3) is 0.312. The van der Waals surface area contributed by atoms with E-state index in [0.29, 0.717) is 24.5 Å². The lowest BCUT2D eigenvalue weighted by molar-refractivity contribution is -0.674. The van der Waals surface area contributed by atoms with E-state index in [0.717, 1.165) is 35.5 Å². The molecule has 4 N–H and O–H groups in total. The largest absolute Gasteiger partial charge is 0.497 e. The zero-order chi connectivity index (χ0) is 29.6. The Morgan fingerprint density at radius 3 is 1.43 bits per heavy atom. The number of anilines is 2. The van der Waals surface area contributed by atoms with Crippen LogP contribution in [-0.2, 0) is 32.0 Å². The smallest absolute Gasteiger partial charge is 0.292 e. The summed E-state index contributed by atoms with van der Waals surface area (Å²) in [6, 6.07) is 21.0. The molecule has 5 rings (SSSR count). The van der Waals surface area contributed by atoms with Crippen LogP contribution in [0.15, 0.2) is 72.8 Å². The Labute approximate surface area is 244 Å². The molecule has 2 saturated heterocycles. The Balaban J connectivity index is 1.15. The zero-order valence-electron chi connectivity index (χ0n) is 23.8. The maximum atomic E-state index is 13.1. The Morgan fingerprint density at radius 1 is 0.643 bits per heavy atom. The minimum Gasteiger partial charge on any atom is -0.497 e. The van der Waals surface area contributed by atoms with Gasteiger partial charge >= 0.3 is 0 Å². The van der Waals surface area contributed by atoms with Crippen molar-refractivity contribution in [3.8, 4) is 11.5 Å². The Kier molecular flexibility index (Phi) is 8.94. The third-order valence-electron chi connectivity index (χ3n) is 7.77. The monoisotopic (exact) mass is 572 g/mol. The normalized spacial score (nSPS) is 18.7. The highest BCUT2D eigenvalue weighted by Crippen LogP contribution is 2.27. The first kappa shape index (κ1) is 29.0. The summed E-state index contributed by atoms with van der Waals surface area (Å²) in [7, 11) is 3.25. The number of rotatable bonds is 12. The van der Waals surface area contributed by atoms with Crippen LogP contribution < -0.4 is 29.9 Å². The summed E-state index contributed by atoms with van der Waals surface area (Å²) >= 11 is 0. The molecule has 2 aliphatic heterocycles. The van der Waals surface area contributed by atoms with Crippen molar-refractivity contribution >= 4 is 35.0 Å². The van der Waals surface area contributed by atoms with Gasteiger partial charge in [-0.3, -0.25) is 19.2 Å². The van der Waals surface area contributed by atoms with E-state index < -0.39 is 12.1 Å². The first-order chi connectivity index (χ1) is 20.4. The quantitative estimate of drug-likeness (QED) is 0.306. The fourth-order valence-corrected chi connectivity index (χ4v) is 5.53. The summed E-state index contributed by atoms with van der Waals surface area (Å²) in [4.78, 5) is 54.2. The first-order valence-electron chi connectivity index (χ1n) is 14.1. The molecule has 2 heterocycles. The fourth-order valence-electron chi connectivity index (χ4n) is 5.53. The second-order valence-electron chi connectivity index (χ2n) is 10.5. The van der Waals surface area contributed by atoms with Crippen LogP contribution in [0, 0.1) is 0 Å². The highest BCUT2D eigenvalue weighted by atomic mass is 16.5. The number of imide groups is 2. The van der Waals surface area contributed by atoms with E-state index in [1.54, 1.807) is 38.5 Å². The van der Waals surface area contributed by atoms with Crippen LogP contribution >= 0.6 is 0 Å². The number of hydrogen-bond donors (Lipinski definition) is 2. The highest BCUT2D eigenvalue weighted by molar-refractivity contribution is 6.23. The van der Waals surface area contributed by atoms with Crippen molar-refractivity contribution in [2.75, 3.05) is 37.1 Å². The molecule has 4 amide bonds. The molecule has 10 nitrogen and oxygen atoms in total. The molecule has 10 heteroatoms. The molecule has 0 bridgehead atoms. The molecule has 0 aromatic heterocycles. The summed E-state index contributed by atoms with van der Waals surface area (Å²) in [6.45, 7) is 1.31. The van der Waals surface area contributed by atoms with E-state index in [4.69, 9.17) is 9.47 Å². The van der Waals surface area contributed by atoms with Gasteiger partial charge in [0.05, 0.1) is 51.5 Å². The van der Waals surface area contributed by atoms with Crippen molar-refractivity contribution in [1.82, 2.24) is 0 Å². The van der Waals surface area contributed by atoms with Crippen molar-refractivity contribution in [1.29, 1.82) is 0 Å². The molecule has 42 heavy (non-hydrogen) atoms. The lowest BCUT2D eigenvalue weighted by atomic mass is 10.1. The van der Waals surface area contributed by atoms with Crippen LogP contribution in [0.1, 0.15) is 24.0 Å². The third-order valence-corrected chi connectivity index (χ3v) is 7.77. The molecule has 3 aromatic rings. The average Bonchev–Trinajstić information content (AvgIpc) is 3.45. The predicted molar refractivity (Wildman–Crippen MR) is 155 cm³/mol. The molecule has 0 unspecified atom stereocenters. The van der Waals surface area contributed by atoms with E-state index in [1.807, 2.05) is 59.2 Å². The Bertz CT molecular complexity index is 1360. The first-order valence-corrected chi connectivity index (χ1v) is 14.1. The van der Waals surface area contributed by atoms with Crippen molar-refractivity contribution in [3.63, 3.8) is 0 Å². The van der Waals surface area contributed by atoms with E-state index in [-0.39, 0.29) is 36.5 Å². The minimum absolute atomic E-state index is 0.120. The number of hydrogen-bond acceptors (Lipinski definition) is 6. The molecule has 0 radical (unpaired) electrons. The second-order valence-corrected chi connectivity index (χ2v) is 10.5. The number of nitrogens with zero attached hydrogens (tertiary/aromatic N) is 2. The van der Waals surface area contributed by atoms with E-state index >= 15 is 0 Å². The number of amides is 4. The number of carbonyl (C=O) groups excluding carboxylic acids is 4. The molecular formula is C32H36N4O6+2. The van der Waals surface area contributed by atoms with Gasteiger partial charge in [0, 0.05) is 12.8 Å². The molecule has 3 aromatic carbocycles. The summed E-state index contributed by atoms with van der Waals surface area (Å²) in [6.07, 6.45) is 1.71. The van der Waals surface area contributed by atoms with Gasteiger partial charge in [-0.15, -0.1) is 0 Å². The van der Waals surface area contributed by atoms with Gasteiger partial charge in [0.25, 0.3) is 11.8 Å². The van der Waals surface area contributed by atoms with Gasteiger partial charge in [0.1, 0.15) is 11.5 Å². The summed E-state index contributed by atoms with van der Waals surface area (Å²) in [5.74, 6) is 0.493. The van der Waals surface area contributed by atoms with E-state index in [2.05, 4.69) is 0 Å². The van der Waals surface area contributed by atoms with E-state index in [1.165, 1.54) is 9.80 Å². The Hall–Kier alpha value is -4.54. The van der Waals surface area contributed by atoms with Gasteiger partial charge in [-0.1, -0.05) is 24.3 Å². The van der Waals surface area contributed by atoms with Crippen molar-refractivity contribution in [3.05, 3.63) is 83.9 Å². The van der Waals surface area contributed by atoms with Crippen LogP contribution in [-0.4, -0.2) is 63.0 Å². The number of carbonyl (C=O) groups is 4. The van der Waals surface area contributed by atoms with Crippen LogP contribution in [0.4, 0.5) is 11.4 Å². The van der Waals surface area contributed by atoms with Gasteiger partial charge in [-0.25, -0.2) is 9.80 Å². The standard InChI is InChI=1S/C32H34N4O6/c1-41-25-7-3-5-21(17-25)13-15-33-27-19-29(37)35(31(27)39)23-9-11-24(12-10-23)36-30(38)20-28(32(36)40)34-16-14-22-6-4-8-26(18-22)42-2/h3-12,17-18,27-28,33-34H,13-16,19-20H2,1-2H3/p+2/t27-,28-/m0/s1.